The Labute approximate surface area is 127 Å². The van der Waals surface area contributed by atoms with Crippen LogP contribution in [0.25, 0.3) is 5.70 Å². The lowest BCUT2D eigenvalue weighted by Crippen LogP contribution is -2.00. The van der Waals surface area contributed by atoms with Crippen molar-refractivity contribution < 1.29 is 9.29 Å². The molecule has 0 aromatic heterocycles. The summed E-state index contributed by atoms with van der Waals surface area (Å²) in [5, 5.41) is 0. The molecule has 2 aromatic carbocycles. The molecule has 0 radical (unpaired) electrons. The summed E-state index contributed by atoms with van der Waals surface area (Å²) < 4.78 is 17.0. The van der Waals surface area contributed by atoms with Crippen LogP contribution in [0.3, 0.4) is 0 Å². The predicted molar refractivity (Wildman–Crippen MR) is 85.9 cm³/mol. The largest absolute Gasteiger partial charge is 0.612 e. The predicted octanol–water partition coefficient (Wildman–Crippen LogP) is 2.22. The Morgan fingerprint density at radius 1 is 1.14 bits per heavy atom. The summed E-state index contributed by atoms with van der Waals surface area (Å²) in [5.41, 5.74) is 13.5. The Morgan fingerprint density at radius 2 is 1.76 bits per heavy atom. The van der Waals surface area contributed by atoms with Gasteiger partial charge >= 0.3 is 0 Å². The average molecular weight is 302 g/mol. The zero-order valence-corrected chi connectivity index (χ0v) is 12.6. The normalized spacial score (nSPS) is 13.0. The third-order valence-corrected chi connectivity index (χ3v) is 3.96. The highest BCUT2D eigenvalue weighted by Crippen LogP contribution is 2.17. The molecule has 5 heteroatoms. The lowest BCUT2D eigenvalue weighted by atomic mass is 10.1. The summed E-state index contributed by atoms with van der Waals surface area (Å²) in [4.78, 5) is 0.812. The Bertz CT molecular complexity index is 607. The van der Waals surface area contributed by atoms with Crippen molar-refractivity contribution in [1.82, 2.24) is 0 Å². The fourth-order valence-corrected chi connectivity index (χ4v) is 2.30. The summed E-state index contributed by atoms with van der Waals surface area (Å²) in [7, 11) is 0. The van der Waals surface area contributed by atoms with Crippen molar-refractivity contribution in [2.75, 3.05) is 6.26 Å². The van der Waals surface area contributed by atoms with Gasteiger partial charge in [-0.05, 0) is 58.7 Å². The number of nitrogens with two attached hydrogens (primary N) is 2. The van der Waals surface area contributed by atoms with E-state index in [9.17, 15) is 4.55 Å². The maximum absolute atomic E-state index is 11.3. The first kappa shape index (κ1) is 15.3. The van der Waals surface area contributed by atoms with Gasteiger partial charge in [0.15, 0.2) is 4.90 Å². The third-order valence-electron chi connectivity index (χ3n) is 3.03. The molecule has 4 nitrogen and oxygen atoms in total. The molecule has 110 valence electrons. The molecular weight excluding hydrogens is 284 g/mol. The Morgan fingerprint density at radius 3 is 2.29 bits per heavy atom. The van der Waals surface area contributed by atoms with Gasteiger partial charge in [0.2, 0.25) is 0 Å². The van der Waals surface area contributed by atoms with Gasteiger partial charge in [-0.15, -0.1) is 0 Å². The minimum atomic E-state index is -0.953. The van der Waals surface area contributed by atoms with Gasteiger partial charge in [0.05, 0.1) is 5.70 Å². The highest BCUT2D eigenvalue weighted by atomic mass is 32.2. The molecule has 1 unspecified atom stereocenters. The molecule has 1 atom stereocenters. The van der Waals surface area contributed by atoms with Crippen LogP contribution in [0.5, 0.6) is 5.75 Å². The second kappa shape index (κ2) is 7.06. The van der Waals surface area contributed by atoms with Crippen molar-refractivity contribution in [1.29, 1.82) is 0 Å². The van der Waals surface area contributed by atoms with Gasteiger partial charge in [0.25, 0.3) is 0 Å². The lowest BCUT2D eigenvalue weighted by Gasteiger charge is -2.08. The van der Waals surface area contributed by atoms with Crippen molar-refractivity contribution >= 4 is 16.9 Å². The third kappa shape index (κ3) is 4.18. The van der Waals surface area contributed by atoms with Gasteiger partial charge in [0, 0.05) is 6.20 Å². The molecule has 0 heterocycles. The van der Waals surface area contributed by atoms with Crippen LogP contribution in [0.4, 0.5) is 0 Å². The standard InChI is InChI=1S/C16H18N2O2S/c1-21(19)15-8-2-12(3-9-15)11-20-14-6-4-13(5-7-14)16(18)10-17/h2-10H,11,17-18H2,1H3/b16-10-. The molecule has 2 aromatic rings. The van der Waals surface area contributed by atoms with Crippen molar-refractivity contribution in [3.8, 4) is 5.75 Å². The quantitative estimate of drug-likeness (QED) is 0.829. The Kier molecular flexibility index (Phi) is 5.14. The van der Waals surface area contributed by atoms with E-state index in [1.54, 1.807) is 6.26 Å². The second-order valence-corrected chi connectivity index (χ2v) is 5.91. The van der Waals surface area contributed by atoms with E-state index in [4.69, 9.17) is 16.2 Å². The van der Waals surface area contributed by atoms with Crippen LogP contribution < -0.4 is 16.2 Å². The van der Waals surface area contributed by atoms with Crippen molar-refractivity contribution in [2.45, 2.75) is 11.5 Å². The fraction of sp³-hybridized carbons (Fsp3) is 0.125. The van der Waals surface area contributed by atoms with Crippen LogP contribution in [0.1, 0.15) is 11.1 Å². The van der Waals surface area contributed by atoms with E-state index in [1.165, 1.54) is 6.20 Å². The van der Waals surface area contributed by atoms with Gasteiger partial charge in [-0.25, -0.2) is 0 Å². The van der Waals surface area contributed by atoms with Crippen molar-refractivity contribution in [3.05, 3.63) is 65.9 Å². The molecule has 21 heavy (non-hydrogen) atoms. The van der Waals surface area contributed by atoms with Crippen molar-refractivity contribution in [3.63, 3.8) is 0 Å². The van der Waals surface area contributed by atoms with Gasteiger partial charge in [0.1, 0.15) is 18.6 Å². The summed E-state index contributed by atoms with van der Waals surface area (Å²) in [6.07, 6.45) is 3.03. The summed E-state index contributed by atoms with van der Waals surface area (Å²) >= 11 is -0.953. The number of hydrogen-bond donors (Lipinski definition) is 2. The highest BCUT2D eigenvalue weighted by molar-refractivity contribution is 7.90. The van der Waals surface area contributed by atoms with Crippen LogP contribution in [-0.4, -0.2) is 10.8 Å². The molecule has 0 bridgehead atoms. The molecule has 0 spiro atoms. The van der Waals surface area contributed by atoms with E-state index >= 15 is 0 Å². The van der Waals surface area contributed by atoms with Gasteiger partial charge < -0.3 is 20.8 Å². The Balaban J connectivity index is 1.96. The molecule has 2 rings (SSSR count). The van der Waals surface area contributed by atoms with Crippen molar-refractivity contribution in [2.24, 2.45) is 11.5 Å². The maximum Gasteiger partial charge on any atom is 0.152 e. The number of hydrogen-bond acceptors (Lipinski definition) is 4. The summed E-state index contributed by atoms with van der Waals surface area (Å²) in [6, 6.07) is 15.0. The van der Waals surface area contributed by atoms with E-state index in [-0.39, 0.29) is 0 Å². The molecule has 0 saturated carbocycles. The van der Waals surface area contributed by atoms with E-state index < -0.39 is 11.2 Å². The first-order valence-corrected chi connectivity index (χ1v) is 7.99. The second-order valence-electron chi connectivity index (χ2n) is 4.53. The minimum absolute atomic E-state index is 0.457. The van der Waals surface area contributed by atoms with Crippen LogP contribution >= 0.6 is 0 Å². The topological polar surface area (TPSA) is 84.3 Å². The summed E-state index contributed by atoms with van der Waals surface area (Å²) in [6.45, 7) is 0.457. The highest BCUT2D eigenvalue weighted by Gasteiger charge is 2.04. The van der Waals surface area contributed by atoms with E-state index in [0.717, 1.165) is 21.8 Å². The van der Waals surface area contributed by atoms with E-state index in [2.05, 4.69) is 0 Å². The molecular formula is C16H18N2O2S. The van der Waals surface area contributed by atoms with Gasteiger partial charge in [-0.2, -0.15) is 0 Å². The van der Waals surface area contributed by atoms with Crippen LogP contribution in [0, 0.1) is 0 Å². The first-order valence-electron chi connectivity index (χ1n) is 6.43. The lowest BCUT2D eigenvalue weighted by molar-refractivity contribution is 0.306. The van der Waals surface area contributed by atoms with E-state index in [0.29, 0.717) is 12.3 Å². The monoisotopic (exact) mass is 302 g/mol. The molecule has 0 amide bonds. The minimum Gasteiger partial charge on any atom is -0.612 e. The number of rotatable bonds is 5. The molecule has 0 aliphatic rings. The number of benzene rings is 2. The average Bonchev–Trinajstić information content (AvgIpc) is 2.53. The molecule has 0 aliphatic heterocycles. The van der Waals surface area contributed by atoms with Crippen LogP contribution in [0.15, 0.2) is 59.6 Å². The van der Waals surface area contributed by atoms with Gasteiger partial charge in [-0.1, -0.05) is 12.1 Å². The maximum atomic E-state index is 11.3. The zero-order valence-electron chi connectivity index (χ0n) is 11.8. The smallest absolute Gasteiger partial charge is 0.152 e. The van der Waals surface area contributed by atoms with E-state index in [1.807, 2.05) is 48.5 Å². The fourth-order valence-electron chi connectivity index (χ4n) is 1.78. The molecule has 0 saturated heterocycles. The van der Waals surface area contributed by atoms with Crippen LogP contribution in [0.2, 0.25) is 0 Å². The van der Waals surface area contributed by atoms with Crippen LogP contribution in [-0.2, 0) is 17.8 Å². The zero-order chi connectivity index (χ0) is 15.2. The Hall–Kier alpha value is -2.11. The summed E-state index contributed by atoms with van der Waals surface area (Å²) in [5.74, 6) is 0.756. The number of ether oxygens (including phenoxy) is 1. The first-order chi connectivity index (χ1) is 10.1. The SMILES string of the molecule is C[S+]([O-])c1ccc(COc2ccc(/C(N)=C/N)cc2)cc1. The molecule has 0 fully saturated rings. The molecule has 4 N–H and O–H groups in total. The molecule has 0 aliphatic carbocycles. The van der Waals surface area contributed by atoms with Gasteiger partial charge in [-0.3, -0.25) is 0 Å².